The van der Waals surface area contributed by atoms with Gasteiger partial charge in [-0.3, -0.25) is 0 Å². The monoisotopic (exact) mass is 192 g/mol. The smallest absolute Gasteiger partial charge is 0.125 e. The van der Waals surface area contributed by atoms with Gasteiger partial charge in [-0.25, -0.2) is 0 Å². The molecule has 0 aromatic heterocycles. The lowest BCUT2D eigenvalue weighted by molar-refractivity contribution is -0.107. The van der Waals surface area contributed by atoms with E-state index in [2.05, 4.69) is 13.0 Å². The summed E-state index contributed by atoms with van der Waals surface area (Å²) in [6.45, 7) is 6.07. The van der Waals surface area contributed by atoms with Crippen molar-refractivity contribution in [1.82, 2.24) is 0 Å². The lowest BCUT2D eigenvalue weighted by atomic mass is 9.97. The number of ether oxygens (including phenoxy) is 1. The van der Waals surface area contributed by atoms with Crippen LogP contribution in [0.25, 0.3) is 0 Å². The van der Waals surface area contributed by atoms with Gasteiger partial charge in [0.1, 0.15) is 12.0 Å². The Morgan fingerprint density at radius 1 is 1.29 bits per heavy atom. The van der Waals surface area contributed by atoms with Crippen LogP contribution >= 0.6 is 0 Å². The van der Waals surface area contributed by atoms with Gasteiger partial charge in [0.25, 0.3) is 0 Å². The molecule has 0 atom stereocenters. The van der Waals surface area contributed by atoms with Crippen LogP contribution in [-0.2, 0) is 11.2 Å². The summed E-state index contributed by atoms with van der Waals surface area (Å²) in [6.07, 6.45) is 1.34. The zero-order valence-corrected chi connectivity index (χ0v) is 9.18. The van der Waals surface area contributed by atoms with Crippen molar-refractivity contribution in [3.8, 4) is 5.75 Å². The molecule has 0 radical (unpaired) electrons. The van der Waals surface area contributed by atoms with E-state index in [-0.39, 0.29) is 0 Å². The van der Waals surface area contributed by atoms with Crippen LogP contribution in [0.1, 0.15) is 22.3 Å². The highest BCUT2D eigenvalue weighted by Gasteiger charge is 2.11. The number of methoxy groups -OCH3 is 1. The van der Waals surface area contributed by atoms with Crippen molar-refractivity contribution >= 4 is 6.29 Å². The van der Waals surface area contributed by atoms with Gasteiger partial charge in [0.05, 0.1) is 7.11 Å². The van der Waals surface area contributed by atoms with E-state index in [1.54, 1.807) is 7.11 Å². The van der Waals surface area contributed by atoms with Crippen molar-refractivity contribution in [3.05, 3.63) is 28.3 Å². The normalized spacial score (nSPS) is 10.0. The molecule has 0 saturated carbocycles. The second-order valence-corrected chi connectivity index (χ2v) is 3.52. The molecular formula is C12H16O2. The van der Waals surface area contributed by atoms with Crippen LogP contribution in [-0.4, -0.2) is 13.4 Å². The summed E-state index contributed by atoms with van der Waals surface area (Å²) in [4.78, 5) is 10.5. The maximum atomic E-state index is 10.5. The summed E-state index contributed by atoms with van der Waals surface area (Å²) in [5.74, 6) is 0.856. The minimum Gasteiger partial charge on any atom is -0.496 e. The van der Waals surface area contributed by atoms with E-state index < -0.39 is 0 Å². The third-order valence-electron chi connectivity index (χ3n) is 2.61. The van der Waals surface area contributed by atoms with Crippen LogP contribution in [0.3, 0.4) is 0 Å². The summed E-state index contributed by atoms with van der Waals surface area (Å²) >= 11 is 0. The molecular weight excluding hydrogens is 176 g/mol. The molecule has 2 heteroatoms. The lowest BCUT2D eigenvalue weighted by Crippen LogP contribution is -2.00. The van der Waals surface area contributed by atoms with Crippen LogP contribution in [0, 0.1) is 20.8 Å². The first-order valence-electron chi connectivity index (χ1n) is 4.69. The van der Waals surface area contributed by atoms with Gasteiger partial charge >= 0.3 is 0 Å². The minimum atomic E-state index is 0.427. The fourth-order valence-electron chi connectivity index (χ4n) is 1.72. The van der Waals surface area contributed by atoms with Gasteiger partial charge in [0, 0.05) is 12.0 Å². The quantitative estimate of drug-likeness (QED) is 0.687. The molecule has 2 nitrogen and oxygen atoms in total. The van der Waals surface area contributed by atoms with Gasteiger partial charge in [-0.15, -0.1) is 0 Å². The predicted octanol–water partition coefficient (Wildman–Crippen LogP) is 2.36. The van der Waals surface area contributed by atoms with Crippen LogP contribution in [0.5, 0.6) is 5.75 Å². The van der Waals surface area contributed by atoms with Crippen molar-refractivity contribution in [2.75, 3.05) is 7.11 Å². The van der Waals surface area contributed by atoms with Crippen molar-refractivity contribution < 1.29 is 9.53 Å². The highest BCUT2D eigenvalue weighted by molar-refractivity contribution is 5.61. The standard InChI is InChI=1S/C12H16O2/c1-8-7-9(2)11(5-6-13)12(14-4)10(8)3/h6-7H,5H2,1-4H3. The summed E-state index contributed by atoms with van der Waals surface area (Å²) in [7, 11) is 1.65. The Balaban J connectivity index is 3.38. The molecule has 0 N–H and O–H groups in total. The molecule has 1 aromatic rings. The van der Waals surface area contributed by atoms with Crippen LogP contribution in [0.2, 0.25) is 0 Å². The molecule has 0 aliphatic heterocycles. The first-order valence-corrected chi connectivity index (χ1v) is 4.69. The van der Waals surface area contributed by atoms with E-state index in [9.17, 15) is 4.79 Å². The first-order chi connectivity index (χ1) is 6.61. The fourth-order valence-corrected chi connectivity index (χ4v) is 1.72. The first kappa shape index (κ1) is 10.8. The third kappa shape index (κ3) is 1.79. The third-order valence-corrected chi connectivity index (χ3v) is 2.61. The highest BCUT2D eigenvalue weighted by Crippen LogP contribution is 2.29. The number of aryl methyl sites for hydroxylation is 2. The Labute approximate surface area is 84.9 Å². The number of rotatable bonds is 3. The molecule has 1 rings (SSSR count). The molecule has 0 bridgehead atoms. The Morgan fingerprint density at radius 2 is 1.93 bits per heavy atom. The second-order valence-electron chi connectivity index (χ2n) is 3.52. The Morgan fingerprint density at radius 3 is 2.43 bits per heavy atom. The number of carbonyl (C=O) groups excluding carboxylic acids is 1. The molecule has 76 valence electrons. The zero-order valence-electron chi connectivity index (χ0n) is 9.18. The summed E-state index contributed by atoms with van der Waals surface area (Å²) < 4.78 is 5.33. The lowest BCUT2D eigenvalue weighted by Gasteiger charge is -2.14. The molecule has 14 heavy (non-hydrogen) atoms. The van der Waals surface area contributed by atoms with Crippen molar-refractivity contribution in [1.29, 1.82) is 0 Å². The number of benzene rings is 1. The van der Waals surface area contributed by atoms with E-state index in [0.717, 1.165) is 28.7 Å². The molecule has 0 aliphatic carbocycles. The predicted molar refractivity (Wildman–Crippen MR) is 57.0 cm³/mol. The minimum absolute atomic E-state index is 0.427. The van der Waals surface area contributed by atoms with Crippen molar-refractivity contribution in [2.24, 2.45) is 0 Å². The Bertz CT molecular complexity index is 354. The fraction of sp³-hybridized carbons (Fsp3) is 0.417. The number of hydrogen-bond acceptors (Lipinski definition) is 2. The summed E-state index contributed by atoms with van der Waals surface area (Å²) in [5.41, 5.74) is 4.45. The SMILES string of the molecule is COc1c(C)c(C)cc(C)c1CC=O. The second kappa shape index (κ2) is 4.27. The maximum Gasteiger partial charge on any atom is 0.125 e. The van der Waals surface area contributed by atoms with Crippen molar-refractivity contribution in [2.45, 2.75) is 27.2 Å². The number of carbonyl (C=O) groups is 1. The molecule has 0 fully saturated rings. The average molecular weight is 192 g/mol. The Kier molecular flexibility index (Phi) is 3.28. The molecule has 0 saturated heterocycles. The number of hydrogen-bond donors (Lipinski definition) is 0. The van der Waals surface area contributed by atoms with Gasteiger partial charge in [-0.05, 0) is 37.5 Å². The van der Waals surface area contributed by atoms with Crippen LogP contribution in [0.4, 0.5) is 0 Å². The van der Waals surface area contributed by atoms with Gasteiger partial charge in [-0.2, -0.15) is 0 Å². The van der Waals surface area contributed by atoms with E-state index in [1.807, 2.05) is 13.8 Å². The van der Waals surface area contributed by atoms with Gasteiger partial charge in [0.2, 0.25) is 0 Å². The average Bonchev–Trinajstić information content (AvgIpc) is 2.15. The van der Waals surface area contributed by atoms with Gasteiger partial charge in [-0.1, -0.05) is 6.07 Å². The maximum absolute atomic E-state index is 10.5. The van der Waals surface area contributed by atoms with Gasteiger partial charge in [0.15, 0.2) is 0 Å². The van der Waals surface area contributed by atoms with Gasteiger partial charge < -0.3 is 9.53 Å². The Hall–Kier alpha value is -1.31. The van der Waals surface area contributed by atoms with Crippen molar-refractivity contribution in [3.63, 3.8) is 0 Å². The highest BCUT2D eigenvalue weighted by atomic mass is 16.5. The number of aldehydes is 1. The molecule has 1 aromatic carbocycles. The summed E-state index contributed by atoms with van der Waals surface area (Å²) in [5, 5.41) is 0. The van der Waals surface area contributed by atoms with Crippen LogP contribution < -0.4 is 4.74 Å². The van der Waals surface area contributed by atoms with E-state index >= 15 is 0 Å². The molecule has 0 aliphatic rings. The topological polar surface area (TPSA) is 26.3 Å². The van der Waals surface area contributed by atoms with E-state index in [0.29, 0.717) is 6.42 Å². The molecule has 0 heterocycles. The molecule has 0 amide bonds. The summed E-state index contributed by atoms with van der Waals surface area (Å²) in [6, 6.07) is 2.09. The van der Waals surface area contributed by atoms with E-state index in [4.69, 9.17) is 4.74 Å². The molecule has 0 unspecified atom stereocenters. The van der Waals surface area contributed by atoms with Crippen LogP contribution in [0.15, 0.2) is 6.07 Å². The molecule has 0 spiro atoms. The van der Waals surface area contributed by atoms with E-state index in [1.165, 1.54) is 5.56 Å². The zero-order chi connectivity index (χ0) is 10.7. The largest absolute Gasteiger partial charge is 0.496 e.